The predicted molar refractivity (Wildman–Crippen MR) is 269 cm³/mol. The molecule has 1 heterocycles. The highest BCUT2D eigenvalue weighted by molar-refractivity contribution is 6.28. The summed E-state index contributed by atoms with van der Waals surface area (Å²) in [5, 5.41) is 23.7. The highest BCUT2D eigenvalue weighted by Crippen LogP contribution is 2.46. The molecule has 0 radical (unpaired) electrons. The van der Waals surface area contributed by atoms with Gasteiger partial charge in [0.2, 0.25) is 0 Å². The van der Waals surface area contributed by atoms with Gasteiger partial charge in [0.15, 0.2) is 5.84 Å². The summed E-state index contributed by atoms with van der Waals surface area (Å²) < 4.78 is 2.33. The molecule has 12 rings (SSSR count). The molecule has 3 nitrogen and oxygen atoms in total. The van der Waals surface area contributed by atoms with Crippen LogP contribution in [0.4, 0.5) is 0 Å². The van der Waals surface area contributed by atoms with Crippen LogP contribution in [0.3, 0.4) is 0 Å². The fourth-order valence-electron chi connectivity index (χ4n) is 9.83. The molecule has 3 heteroatoms. The lowest BCUT2D eigenvalue weighted by atomic mass is 9.83. The van der Waals surface area contributed by atoms with Gasteiger partial charge in [0.1, 0.15) is 0 Å². The fourth-order valence-corrected chi connectivity index (χ4v) is 9.83. The van der Waals surface area contributed by atoms with E-state index in [1.165, 1.54) is 59.6 Å². The second-order valence-electron chi connectivity index (χ2n) is 16.2. The van der Waals surface area contributed by atoms with E-state index in [0.29, 0.717) is 5.71 Å². The maximum Gasteiger partial charge on any atom is 0.152 e. The molecule has 0 spiro atoms. The van der Waals surface area contributed by atoms with Gasteiger partial charge in [-0.1, -0.05) is 188 Å². The predicted octanol–water partition coefficient (Wildman–Crippen LogP) is 15.7. The molecule has 294 valence electrons. The Bertz CT molecular complexity index is 3800. The third-order valence-electron chi connectivity index (χ3n) is 12.7. The van der Waals surface area contributed by atoms with Gasteiger partial charge in [-0.25, -0.2) is 4.99 Å². The molecule has 12 aromatic rings. The Kier molecular flexibility index (Phi) is 8.65. The third kappa shape index (κ3) is 6.05. The summed E-state index contributed by atoms with van der Waals surface area (Å²) in [7, 11) is 0. The van der Waals surface area contributed by atoms with Crippen molar-refractivity contribution in [1.29, 1.82) is 5.41 Å². The number of aromatic nitrogens is 1. The first kappa shape index (κ1) is 36.5. The van der Waals surface area contributed by atoms with Crippen LogP contribution in [0.15, 0.2) is 229 Å². The van der Waals surface area contributed by atoms with Crippen LogP contribution < -0.4 is 0 Å². The first-order valence-electron chi connectivity index (χ1n) is 21.5. The van der Waals surface area contributed by atoms with Gasteiger partial charge in [-0.2, -0.15) is 0 Å². The molecule has 0 bridgehead atoms. The number of allylic oxidation sites excluding steroid dienone is 1. The number of aliphatic imine (C=N–C) groups is 1. The highest BCUT2D eigenvalue weighted by atomic mass is 15.0. The van der Waals surface area contributed by atoms with Crippen molar-refractivity contribution in [3.63, 3.8) is 0 Å². The van der Waals surface area contributed by atoms with Gasteiger partial charge >= 0.3 is 0 Å². The first-order valence-corrected chi connectivity index (χ1v) is 21.5. The maximum absolute atomic E-state index is 9.25. The van der Waals surface area contributed by atoms with Crippen LogP contribution >= 0.6 is 0 Å². The number of hydrogen-bond donors (Lipinski definition) is 1. The Labute approximate surface area is 364 Å². The average molecular weight is 802 g/mol. The number of fused-ring (bicyclic) bond motifs is 9. The van der Waals surface area contributed by atoms with E-state index in [2.05, 4.69) is 205 Å². The van der Waals surface area contributed by atoms with Gasteiger partial charge in [-0.15, -0.1) is 0 Å². The Morgan fingerprint density at radius 1 is 0.381 bits per heavy atom. The van der Waals surface area contributed by atoms with Crippen molar-refractivity contribution in [2.24, 2.45) is 4.99 Å². The Morgan fingerprint density at radius 2 is 0.921 bits per heavy atom. The van der Waals surface area contributed by atoms with E-state index in [1.54, 1.807) is 0 Å². The number of rotatable bonds is 6. The lowest BCUT2D eigenvalue weighted by Crippen LogP contribution is -2.04. The van der Waals surface area contributed by atoms with E-state index < -0.39 is 0 Å². The minimum atomic E-state index is 0.211. The largest absolute Gasteiger partial charge is 0.309 e. The lowest BCUT2D eigenvalue weighted by molar-refractivity contribution is 1.18. The molecule has 1 aromatic heterocycles. The number of para-hydroxylation sites is 2. The lowest BCUT2D eigenvalue weighted by Gasteiger charge is -2.20. The van der Waals surface area contributed by atoms with E-state index in [-0.39, 0.29) is 5.84 Å². The van der Waals surface area contributed by atoms with Crippen molar-refractivity contribution in [2.45, 2.75) is 0 Å². The summed E-state index contributed by atoms with van der Waals surface area (Å²) >= 11 is 0. The molecule has 0 fully saturated rings. The second kappa shape index (κ2) is 14.9. The van der Waals surface area contributed by atoms with E-state index >= 15 is 0 Å². The molecule has 0 aliphatic carbocycles. The summed E-state index contributed by atoms with van der Waals surface area (Å²) in [6.07, 6.45) is 4.33. The van der Waals surface area contributed by atoms with Gasteiger partial charge in [0.05, 0.1) is 16.7 Å². The van der Waals surface area contributed by atoms with Crippen LogP contribution in [0.25, 0.3) is 98.6 Å². The second-order valence-corrected chi connectivity index (χ2v) is 16.2. The van der Waals surface area contributed by atoms with Gasteiger partial charge in [-0.3, -0.25) is 5.41 Å². The number of nitrogens with zero attached hydrogens (tertiary/aromatic N) is 2. The van der Waals surface area contributed by atoms with Crippen molar-refractivity contribution in [3.05, 3.63) is 241 Å². The van der Waals surface area contributed by atoms with E-state index in [4.69, 9.17) is 4.99 Å². The van der Waals surface area contributed by atoms with Crippen LogP contribution in [0.2, 0.25) is 0 Å². The quantitative estimate of drug-likeness (QED) is 0.0753. The summed E-state index contributed by atoms with van der Waals surface area (Å²) in [6, 6.07) is 77.6. The standard InChI is InChI=1S/C60H39N3/c61-60(40-18-3-1-4-19-40)62-55(42-32-36-57-54(38-42)49-27-15-16-30-56(49)63(57)43-21-5-2-6-22-43)35-34-48-46-25-11-13-28-50(46)59(51-29-14-12-26-47(48)51)58-45-24-10-8-20-41(45)37-53-44-23-9-7-17-39(44)31-33-52(53)58/h1-38,61H/b35-34+,61-60?,62-55?. The molecule has 0 unspecified atom stereocenters. The minimum Gasteiger partial charge on any atom is -0.309 e. The summed E-state index contributed by atoms with van der Waals surface area (Å²) in [4.78, 5) is 5.11. The normalized spacial score (nSPS) is 12.2. The van der Waals surface area contributed by atoms with Crippen molar-refractivity contribution in [1.82, 2.24) is 4.57 Å². The summed E-state index contributed by atoms with van der Waals surface area (Å²) in [6.45, 7) is 0. The van der Waals surface area contributed by atoms with Crippen molar-refractivity contribution < 1.29 is 0 Å². The van der Waals surface area contributed by atoms with Crippen molar-refractivity contribution in [2.75, 3.05) is 0 Å². The van der Waals surface area contributed by atoms with E-state index in [0.717, 1.165) is 49.6 Å². The highest BCUT2D eigenvalue weighted by Gasteiger charge is 2.20. The molecule has 0 atom stereocenters. The van der Waals surface area contributed by atoms with Crippen LogP contribution in [0, 0.1) is 5.41 Å². The first-order chi connectivity index (χ1) is 31.2. The van der Waals surface area contributed by atoms with Gasteiger partial charge in [-0.05, 0) is 113 Å². The van der Waals surface area contributed by atoms with Crippen LogP contribution in [0.1, 0.15) is 16.7 Å². The minimum absolute atomic E-state index is 0.211. The SMILES string of the molecule is N=C(N=C(/C=C/c1c2ccccc2c(-c2c3ccccc3cc3c2ccc2ccccc23)c2ccccc12)c1ccc2c(c1)c1ccccc1n2-c1ccccc1)c1ccccc1. The van der Waals surface area contributed by atoms with Crippen molar-refractivity contribution in [3.8, 4) is 16.8 Å². The Balaban J connectivity index is 1.10. The molecule has 0 aliphatic rings. The number of nitrogens with one attached hydrogen (secondary N) is 1. The molecule has 0 saturated heterocycles. The number of benzene rings is 11. The number of hydrogen-bond acceptors (Lipinski definition) is 1. The van der Waals surface area contributed by atoms with E-state index in [9.17, 15) is 5.41 Å². The zero-order chi connectivity index (χ0) is 41.9. The van der Waals surface area contributed by atoms with Crippen molar-refractivity contribution >= 4 is 93.3 Å². The van der Waals surface area contributed by atoms with Crippen LogP contribution in [0.5, 0.6) is 0 Å². The smallest absolute Gasteiger partial charge is 0.152 e. The van der Waals surface area contributed by atoms with Gasteiger partial charge in [0, 0.05) is 27.6 Å². The molecule has 0 aliphatic heterocycles. The molecular formula is C60H39N3. The molecule has 63 heavy (non-hydrogen) atoms. The van der Waals surface area contributed by atoms with Crippen LogP contribution in [-0.2, 0) is 0 Å². The monoisotopic (exact) mass is 801 g/mol. The maximum atomic E-state index is 9.25. The molecule has 11 aromatic carbocycles. The Hall–Kier alpha value is -8.40. The number of amidine groups is 1. The Morgan fingerprint density at radius 3 is 1.65 bits per heavy atom. The third-order valence-corrected chi connectivity index (χ3v) is 12.7. The topological polar surface area (TPSA) is 41.1 Å². The van der Waals surface area contributed by atoms with Gasteiger partial charge < -0.3 is 4.57 Å². The molecule has 0 amide bonds. The van der Waals surface area contributed by atoms with E-state index in [1.807, 2.05) is 30.3 Å². The summed E-state index contributed by atoms with van der Waals surface area (Å²) in [5.41, 5.74) is 9.39. The fraction of sp³-hybridized carbons (Fsp3) is 0. The molecular weight excluding hydrogens is 763 g/mol. The molecule has 0 saturated carbocycles. The average Bonchev–Trinajstić information content (AvgIpc) is 3.68. The zero-order valence-corrected chi connectivity index (χ0v) is 34.3. The summed E-state index contributed by atoms with van der Waals surface area (Å²) in [5.74, 6) is 0.211. The zero-order valence-electron chi connectivity index (χ0n) is 34.3. The van der Waals surface area contributed by atoms with Gasteiger partial charge in [0.25, 0.3) is 0 Å². The molecule has 1 N–H and O–H groups in total. The van der Waals surface area contributed by atoms with Crippen LogP contribution in [-0.4, -0.2) is 16.1 Å².